The molecule has 2 N–H and O–H groups in total. The molecule has 0 bridgehead atoms. The highest BCUT2D eigenvalue weighted by Gasteiger charge is 2.30. The molecule has 0 aromatic carbocycles. The van der Waals surface area contributed by atoms with E-state index in [2.05, 4.69) is 49.2 Å². The molecule has 8 heteroatoms. The summed E-state index contributed by atoms with van der Waals surface area (Å²) in [6.07, 6.45) is 0.844. The minimum atomic E-state index is -1.92. The molecule has 0 heterocycles. The molecule has 0 saturated heterocycles. The molecule has 0 aliphatic heterocycles. The van der Waals surface area contributed by atoms with Crippen molar-refractivity contribution < 1.29 is 14.0 Å². The molecule has 1 amide bonds. The van der Waals surface area contributed by atoms with Gasteiger partial charge in [0.2, 0.25) is 14.2 Å². The van der Waals surface area contributed by atoms with Crippen LogP contribution in [-0.2, 0) is 14.0 Å². The molecule has 0 spiro atoms. The van der Waals surface area contributed by atoms with E-state index in [1.165, 1.54) is 0 Å². The van der Waals surface area contributed by atoms with Gasteiger partial charge in [-0.2, -0.15) is 0 Å². The van der Waals surface area contributed by atoms with Gasteiger partial charge >= 0.3 is 5.97 Å². The second-order valence-electron chi connectivity index (χ2n) is 8.82. The van der Waals surface area contributed by atoms with Crippen LogP contribution in [0.1, 0.15) is 12.8 Å². The molecule has 1 unspecified atom stereocenters. The van der Waals surface area contributed by atoms with Crippen LogP contribution in [0.3, 0.4) is 0 Å². The molecule has 22 heavy (non-hydrogen) atoms. The maximum absolute atomic E-state index is 12.4. The van der Waals surface area contributed by atoms with Gasteiger partial charge in [0.15, 0.2) is 0 Å². The molecular formula is C14H34N2O3Si3. The lowest BCUT2D eigenvalue weighted by molar-refractivity contribution is -0.137. The largest absolute Gasteiger partial charge is 0.519 e. The topological polar surface area (TPSA) is 67.4 Å². The first-order valence-corrected chi connectivity index (χ1v) is 18.3. The predicted octanol–water partition coefficient (Wildman–Crippen LogP) is 2.89. The molecule has 0 rings (SSSR count). The summed E-state index contributed by atoms with van der Waals surface area (Å²) in [5, 5.41) is 0. The van der Waals surface area contributed by atoms with Gasteiger partial charge in [-0.05, 0) is 26.1 Å². The Bertz CT molecular complexity index is 396. The summed E-state index contributed by atoms with van der Waals surface area (Å²) in [5.41, 5.74) is 0. The van der Waals surface area contributed by atoms with E-state index < -0.39 is 24.8 Å². The smallest absolute Gasteiger partial charge is 0.309 e. The van der Waals surface area contributed by atoms with Crippen molar-refractivity contribution in [1.82, 2.24) is 9.96 Å². The number of rotatable bonds is 8. The summed E-state index contributed by atoms with van der Waals surface area (Å²) >= 11 is 0. The van der Waals surface area contributed by atoms with Crippen molar-refractivity contribution in [3.05, 3.63) is 0 Å². The summed E-state index contributed by atoms with van der Waals surface area (Å²) in [6.45, 7) is 18.7. The number of nitrogens with one attached hydrogen (secondary N) is 2. The number of hydrogen-bond donors (Lipinski definition) is 2. The zero-order valence-electron chi connectivity index (χ0n) is 15.7. The van der Waals surface area contributed by atoms with E-state index in [1.54, 1.807) is 0 Å². The van der Waals surface area contributed by atoms with Crippen LogP contribution in [-0.4, -0.2) is 42.7 Å². The van der Waals surface area contributed by atoms with E-state index in [9.17, 15) is 9.59 Å². The molecule has 1 atom stereocenters. The second kappa shape index (κ2) is 7.89. The summed E-state index contributed by atoms with van der Waals surface area (Å²) in [7, 11) is -5.18. The molecule has 0 aromatic rings. The highest BCUT2D eigenvalue weighted by atomic mass is 28.4. The van der Waals surface area contributed by atoms with E-state index in [0.29, 0.717) is 12.8 Å². The second-order valence-corrected chi connectivity index (χ2v) is 22.8. The number of carbonyl (C=O) groups is 2. The van der Waals surface area contributed by atoms with Crippen molar-refractivity contribution in [2.24, 2.45) is 0 Å². The SMILES string of the molecule is C[Si](C)(C)NC(=O)CCC(N[Si](C)(C)C)C(=O)O[Si](C)(C)C. The third-order valence-electron chi connectivity index (χ3n) is 2.47. The fourth-order valence-corrected chi connectivity index (χ4v) is 4.92. The van der Waals surface area contributed by atoms with Gasteiger partial charge < -0.3 is 14.4 Å². The van der Waals surface area contributed by atoms with Gasteiger partial charge in [0, 0.05) is 6.42 Å². The van der Waals surface area contributed by atoms with Crippen LogP contribution in [0.4, 0.5) is 0 Å². The fourth-order valence-electron chi connectivity index (χ4n) is 1.90. The van der Waals surface area contributed by atoms with E-state index in [1.807, 2.05) is 19.6 Å². The average molecular weight is 363 g/mol. The predicted molar refractivity (Wildman–Crippen MR) is 100 cm³/mol. The quantitative estimate of drug-likeness (QED) is 0.652. The van der Waals surface area contributed by atoms with Gasteiger partial charge in [-0.25, -0.2) is 0 Å². The van der Waals surface area contributed by atoms with Gasteiger partial charge in [0.25, 0.3) is 0 Å². The van der Waals surface area contributed by atoms with Crippen LogP contribution in [0.5, 0.6) is 0 Å². The lowest BCUT2D eigenvalue weighted by Crippen LogP contribution is -2.53. The summed E-state index contributed by atoms with van der Waals surface area (Å²) in [5.74, 6) is -0.176. The number of carbonyl (C=O) groups excluding carboxylic acids is 2. The van der Waals surface area contributed by atoms with Crippen LogP contribution in [0.15, 0.2) is 0 Å². The lowest BCUT2D eigenvalue weighted by Gasteiger charge is -2.29. The Hall–Kier alpha value is -0.449. The minimum Gasteiger partial charge on any atom is -0.519 e. The zero-order valence-corrected chi connectivity index (χ0v) is 18.7. The molecule has 130 valence electrons. The molecule has 0 aromatic heterocycles. The third kappa shape index (κ3) is 12.1. The monoisotopic (exact) mass is 362 g/mol. The maximum atomic E-state index is 12.4. The van der Waals surface area contributed by atoms with Crippen LogP contribution < -0.4 is 9.96 Å². The summed E-state index contributed by atoms with van der Waals surface area (Å²) in [4.78, 5) is 30.9. The van der Waals surface area contributed by atoms with Crippen LogP contribution in [0.2, 0.25) is 58.9 Å². The van der Waals surface area contributed by atoms with Crippen LogP contribution in [0.25, 0.3) is 0 Å². The normalized spacial score (nSPS) is 14.4. The van der Waals surface area contributed by atoms with Crippen LogP contribution in [0, 0.1) is 0 Å². The van der Waals surface area contributed by atoms with Crippen molar-refractivity contribution in [3.8, 4) is 0 Å². The Morgan fingerprint density at radius 2 is 1.41 bits per heavy atom. The van der Waals surface area contributed by atoms with Crippen molar-refractivity contribution in [2.45, 2.75) is 77.8 Å². The molecular weight excluding hydrogens is 328 g/mol. The first-order chi connectivity index (χ1) is 9.59. The Balaban J connectivity index is 4.75. The molecule has 0 aliphatic rings. The maximum Gasteiger partial charge on any atom is 0.309 e. The number of amides is 1. The minimum absolute atomic E-state index is 0.0300. The van der Waals surface area contributed by atoms with Gasteiger partial charge in [-0.1, -0.05) is 39.3 Å². The summed E-state index contributed by atoms with van der Waals surface area (Å²) < 4.78 is 5.62. The molecule has 0 fully saturated rings. The van der Waals surface area contributed by atoms with Crippen molar-refractivity contribution in [1.29, 1.82) is 0 Å². The molecule has 0 saturated carbocycles. The number of hydrogen-bond acceptors (Lipinski definition) is 4. The van der Waals surface area contributed by atoms with E-state index in [4.69, 9.17) is 4.43 Å². The standard InChI is InChI=1S/C14H34N2O3Si3/c1-20(2,3)15-12(14(18)19-22(7,8)9)10-11-13(17)16-21(4,5)6/h12,15H,10-11H2,1-9H3,(H,16,17). The van der Waals surface area contributed by atoms with Crippen molar-refractivity contribution in [3.63, 3.8) is 0 Å². The third-order valence-corrected chi connectivity index (χ3v) is 5.53. The van der Waals surface area contributed by atoms with E-state index in [0.717, 1.165) is 0 Å². The Morgan fingerprint density at radius 1 is 0.909 bits per heavy atom. The highest BCUT2D eigenvalue weighted by Crippen LogP contribution is 2.11. The Kier molecular flexibility index (Phi) is 7.73. The highest BCUT2D eigenvalue weighted by molar-refractivity contribution is 6.75. The Morgan fingerprint density at radius 3 is 1.77 bits per heavy atom. The van der Waals surface area contributed by atoms with Gasteiger partial charge in [0.1, 0.15) is 16.5 Å². The first-order valence-electron chi connectivity index (χ1n) is 7.91. The average Bonchev–Trinajstić information content (AvgIpc) is 2.17. The van der Waals surface area contributed by atoms with E-state index >= 15 is 0 Å². The van der Waals surface area contributed by atoms with Crippen LogP contribution >= 0.6 is 0 Å². The van der Waals surface area contributed by atoms with Crippen molar-refractivity contribution in [2.75, 3.05) is 0 Å². The van der Waals surface area contributed by atoms with Gasteiger partial charge in [-0.15, -0.1) is 0 Å². The van der Waals surface area contributed by atoms with Gasteiger partial charge in [-0.3, -0.25) is 9.59 Å². The molecule has 5 nitrogen and oxygen atoms in total. The molecule has 0 radical (unpaired) electrons. The lowest BCUT2D eigenvalue weighted by atomic mass is 10.2. The molecule has 0 aliphatic carbocycles. The summed E-state index contributed by atoms with van der Waals surface area (Å²) in [6, 6.07) is -0.384. The first kappa shape index (κ1) is 21.6. The fraction of sp³-hybridized carbons (Fsp3) is 0.857. The Labute approximate surface area is 138 Å². The van der Waals surface area contributed by atoms with Crippen molar-refractivity contribution >= 4 is 36.7 Å². The van der Waals surface area contributed by atoms with Gasteiger partial charge in [0.05, 0.1) is 6.04 Å². The van der Waals surface area contributed by atoms with E-state index in [-0.39, 0.29) is 17.9 Å². The zero-order chi connectivity index (χ0) is 17.8.